The molecule has 0 saturated carbocycles. The second kappa shape index (κ2) is 25.6. The highest BCUT2D eigenvalue weighted by Crippen LogP contribution is 2.28. The zero-order chi connectivity index (χ0) is 41.6. The van der Waals surface area contributed by atoms with Crippen molar-refractivity contribution in [2.24, 2.45) is 0 Å². The van der Waals surface area contributed by atoms with E-state index < -0.39 is 41.9 Å². The Kier molecular flexibility index (Phi) is 21.0. The van der Waals surface area contributed by atoms with Crippen LogP contribution in [-0.4, -0.2) is 133 Å². The molecule has 0 spiro atoms. The zero-order valence-corrected chi connectivity index (χ0v) is 34.3. The molecule has 3 rings (SSSR count). The highest BCUT2D eigenvalue weighted by molar-refractivity contribution is 5.95. The van der Waals surface area contributed by atoms with E-state index in [1.54, 1.807) is 33.3 Å². The van der Waals surface area contributed by atoms with E-state index >= 15 is 0 Å². The molecule has 1 aliphatic rings. The second-order valence-electron chi connectivity index (χ2n) is 14.5. The van der Waals surface area contributed by atoms with Crippen LogP contribution < -0.4 is 53.2 Å². The van der Waals surface area contributed by atoms with Gasteiger partial charge in [-0.25, -0.2) is 0 Å². The lowest BCUT2D eigenvalue weighted by Gasteiger charge is -2.26. The first-order valence-electron chi connectivity index (χ1n) is 20.2. The molecule has 57 heavy (non-hydrogen) atoms. The van der Waals surface area contributed by atoms with E-state index in [4.69, 9.17) is 0 Å². The van der Waals surface area contributed by atoms with E-state index in [2.05, 4.69) is 53.2 Å². The van der Waals surface area contributed by atoms with Crippen molar-refractivity contribution in [1.82, 2.24) is 53.2 Å². The van der Waals surface area contributed by atoms with Gasteiger partial charge in [0.1, 0.15) is 23.9 Å². The number of phenolic OH excluding ortho intramolecular Hbond substituents is 1. The smallest absolute Gasteiger partial charge is 0.243 e. The molecule has 1 heterocycles. The Morgan fingerprint density at radius 3 is 2.21 bits per heavy atom. The van der Waals surface area contributed by atoms with Crippen molar-refractivity contribution in [3.63, 3.8) is 0 Å². The summed E-state index contributed by atoms with van der Waals surface area (Å²) in [5.74, 6) is -1.79. The lowest BCUT2D eigenvalue weighted by molar-refractivity contribution is -0.134. The molecule has 5 atom stereocenters. The molecule has 316 valence electrons. The number of carbonyl (C=O) groups excluding carboxylic acids is 5. The minimum atomic E-state index is -1.08. The number of benzene rings is 2. The van der Waals surface area contributed by atoms with Gasteiger partial charge < -0.3 is 58.3 Å². The Bertz CT molecular complexity index is 1590. The molecule has 16 heteroatoms. The number of fused-ring (bicyclic) bond motifs is 5. The predicted octanol–water partition coefficient (Wildman–Crippen LogP) is -0.590. The van der Waals surface area contributed by atoms with Crippen LogP contribution in [0, 0.1) is 0 Å². The Morgan fingerprint density at radius 1 is 0.772 bits per heavy atom. The molecule has 0 aromatic heterocycles. The highest BCUT2D eigenvalue weighted by atomic mass is 16.3. The van der Waals surface area contributed by atoms with Crippen molar-refractivity contribution in [3.8, 4) is 16.9 Å². The third-order valence-corrected chi connectivity index (χ3v) is 10.2. The van der Waals surface area contributed by atoms with Crippen molar-refractivity contribution < 1.29 is 29.1 Å². The summed E-state index contributed by atoms with van der Waals surface area (Å²) >= 11 is 0. The van der Waals surface area contributed by atoms with E-state index in [0.29, 0.717) is 83.2 Å². The molecule has 4 bridgehead atoms. The van der Waals surface area contributed by atoms with Crippen molar-refractivity contribution >= 4 is 29.5 Å². The second-order valence-corrected chi connectivity index (χ2v) is 14.5. The minimum absolute atomic E-state index is 0.0450. The summed E-state index contributed by atoms with van der Waals surface area (Å²) in [4.78, 5) is 67.9. The minimum Gasteiger partial charge on any atom is -0.508 e. The average Bonchev–Trinajstić information content (AvgIpc) is 3.20. The van der Waals surface area contributed by atoms with Gasteiger partial charge in [-0.05, 0) is 121 Å². The molecule has 2 aromatic rings. The molecule has 1 aliphatic heterocycles. The quantitative estimate of drug-likeness (QED) is 0.0676. The van der Waals surface area contributed by atoms with Crippen LogP contribution in [0.3, 0.4) is 0 Å². The van der Waals surface area contributed by atoms with Crippen molar-refractivity contribution in [1.29, 1.82) is 0 Å². The van der Waals surface area contributed by atoms with Gasteiger partial charge >= 0.3 is 0 Å². The van der Waals surface area contributed by atoms with Crippen LogP contribution in [0.25, 0.3) is 11.1 Å². The van der Waals surface area contributed by atoms with Crippen LogP contribution in [-0.2, 0) is 36.8 Å². The fourth-order valence-electron chi connectivity index (χ4n) is 6.77. The molecule has 2 aromatic carbocycles. The number of likely N-dealkylation sites (N-methyl/N-ethyl adjacent to an activating group) is 2. The molecule has 5 amide bonds. The normalized spacial score (nSPS) is 18.2. The van der Waals surface area contributed by atoms with E-state index in [1.807, 2.05) is 44.4 Å². The van der Waals surface area contributed by atoms with E-state index in [0.717, 1.165) is 16.7 Å². The first-order chi connectivity index (χ1) is 27.5. The van der Waals surface area contributed by atoms with Gasteiger partial charge in [0, 0.05) is 44.9 Å². The van der Waals surface area contributed by atoms with Gasteiger partial charge in [0.25, 0.3) is 0 Å². The van der Waals surface area contributed by atoms with Crippen molar-refractivity contribution in [2.45, 2.75) is 88.0 Å². The maximum Gasteiger partial charge on any atom is 0.243 e. The number of hydrogen-bond donors (Lipinski definition) is 11. The summed E-state index contributed by atoms with van der Waals surface area (Å²) in [6.45, 7) is 2.82. The summed E-state index contributed by atoms with van der Waals surface area (Å²) < 4.78 is 0. The fourth-order valence-corrected chi connectivity index (χ4v) is 6.77. The Balaban J connectivity index is 1.85. The lowest BCUT2D eigenvalue weighted by atomic mass is 9.95. The lowest BCUT2D eigenvalue weighted by Crippen LogP contribution is -2.58. The van der Waals surface area contributed by atoms with Crippen molar-refractivity contribution in [3.05, 3.63) is 53.6 Å². The summed E-state index contributed by atoms with van der Waals surface area (Å²) in [5.41, 5.74) is 3.00. The van der Waals surface area contributed by atoms with Crippen LogP contribution in [0.1, 0.15) is 56.1 Å². The van der Waals surface area contributed by atoms with Crippen LogP contribution in [0.4, 0.5) is 0 Å². The van der Waals surface area contributed by atoms with Gasteiger partial charge in [-0.3, -0.25) is 24.0 Å². The number of carbonyl (C=O) groups is 5. The first-order valence-corrected chi connectivity index (χ1v) is 20.2. The number of rotatable bonds is 22. The van der Waals surface area contributed by atoms with Gasteiger partial charge in [-0.2, -0.15) is 0 Å². The summed E-state index contributed by atoms with van der Waals surface area (Å²) in [7, 11) is 8.90. The highest BCUT2D eigenvalue weighted by Gasteiger charge is 2.31. The molecular weight excluding hydrogens is 729 g/mol. The third-order valence-electron chi connectivity index (χ3n) is 10.2. The number of nitrogens with one attached hydrogen (secondary N) is 10. The molecule has 0 fully saturated rings. The summed E-state index contributed by atoms with van der Waals surface area (Å²) in [5, 5.41) is 40.7. The molecule has 0 unspecified atom stereocenters. The van der Waals surface area contributed by atoms with E-state index in [9.17, 15) is 29.1 Å². The standard InChI is InChI=1S/C41H66N10O6/c1-42-17-8-13-32(38(54)48-19-7-12-31(45-4)26-37(53)47-21-20-44-3)49-41(57)35-23-27-10-6-11-28(22-27)29-15-16-36(52)30(24-29)25-34(46-5)40(56)50-33(39(55)51-35)14-9-18-43-2/h6,10-11,15-16,22,24,31-35,42-46,52H,7-9,12-14,17-21,23,25-26H2,1-5H3,(H,47,53)(H,48,54)(H,49,57)(H,50,56)(H,51,55)/t31-,32-,33-,34-,35-/m0/s1. The molecule has 0 radical (unpaired) electrons. The average molecular weight is 795 g/mol. The van der Waals surface area contributed by atoms with Gasteiger partial charge in [0.05, 0.1) is 6.04 Å². The molecule has 11 N–H and O–H groups in total. The van der Waals surface area contributed by atoms with Crippen LogP contribution in [0.5, 0.6) is 5.75 Å². The number of amides is 5. The number of phenols is 1. The molecule has 16 nitrogen and oxygen atoms in total. The van der Waals surface area contributed by atoms with Gasteiger partial charge in [-0.15, -0.1) is 0 Å². The van der Waals surface area contributed by atoms with Crippen LogP contribution in [0.15, 0.2) is 42.5 Å². The number of aromatic hydroxyl groups is 1. The SMILES string of the molecule is CNCCC[C@H](NC(=O)[C@@H]1Cc2cccc(c2)-c2ccc(O)c(c2)C[C@H](NC)C(=O)N[C@@H](CCCNC)C(=O)N1)C(=O)NCCC[C@@H](CC(=O)NCCNC)NC. The summed E-state index contributed by atoms with van der Waals surface area (Å²) in [6, 6.07) is 9.14. The monoisotopic (exact) mass is 795 g/mol. The van der Waals surface area contributed by atoms with Crippen molar-refractivity contribution in [2.75, 3.05) is 68.0 Å². The molecular formula is C41H66N10O6. The predicted molar refractivity (Wildman–Crippen MR) is 223 cm³/mol. The van der Waals surface area contributed by atoms with Gasteiger partial charge in [-0.1, -0.05) is 30.3 Å². The van der Waals surface area contributed by atoms with E-state index in [1.165, 1.54) is 0 Å². The Morgan fingerprint density at radius 2 is 1.49 bits per heavy atom. The van der Waals surface area contributed by atoms with Gasteiger partial charge in [0.2, 0.25) is 29.5 Å². The third kappa shape index (κ3) is 16.0. The van der Waals surface area contributed by atoms with Gasteiger partial charge in [0.15, 0.2) is 0 Å². The zero-order valence-electron chi connectivity index (χ0n) is 34.3. The molecule has 0 saturated heterocycles. The molecule has 0 aliphatic carbocycles. The maximum absolute atomic E-state index is 14.2. The fraction of sp³-hybridized carbons (Fsp3) is 0.585. The topological polar surface area (TPSA) is 226 Å². The van der Waals surface area contributed by atoms with E-state index in [-0.39, 0.29) is 36.4 Å². The first kappa shape index (κ1) is 46.8. The van der Waals surface area contributed by atoms with Crippen LogP contribution >= 0.6 is 0 Å². The number of hydrogen-bond acceptors (Lipinski definition) is 11. The largest absolute Gasteiger partial charge is 0.508 e. The summed E-state index contributed by atoms with van der Waals surface area (Å²) in [6.07, 6.45) is 3.75. The maximum atomic E-state index is 14.2. The Hall–Kier alpha value is -4.61. The Labute approximate surface area is 337 Å². The van der Waals surface area contributed by atoms with Crippen LogP contribution in [0.2, 0.25) is 0 Å².